The highest BCUT2D eigenvalue weighted by Crippen LogP contribution is 2.27. The van der Waals surface area contributed by atoms with Crippen molar-refractivity contribution in [3.63, 3.8) is 0 Å². The van der Waals surface area contributed by atoms with Gasteiger partial charge in [0.25, 0.3) is 11.8 Å². The van der Waals surface area contributed by atoms with E-state index in [2.05, 4.69) is 30.0 Å². The van der Waals surface area contributed by atoms with Crippen LogP contribution in [0.2, 0.25) is 0 Å². The van der Waals surface area contributed by atoms with Crippen molar-refractivity contribution in [2.24, 2.45) is 0 Å². The lowest BCUT2D eigenvalue weighted by atomic mass is 10.0. The number of hydrogen-bond acceptors (Lipinski definition) is 5. The molecule has 8 heteroatoms. The van der Waals surface area contributed by atoms with Gasteiger partial charge in [0, 0.05) is 0 Å². The maximum Gasteiger partial charge on any atom is 0.276 e. The van der Waals surface area contributed by atoms with Crippen LogP contribution in [-0.2, 0) is 9.59 Å². The monoisotopic (exact) mass is 429 g/mol. The lowest BCUT2D eigenvalue weighted by Crippen LogP contribution is -2.50. The van der Waals surface area contributed by atoms with Crippen LogP contribution in [0.25, 0.3) is 0 Å². The molecule has 2 aromatic carbocycles. The Balaban J connectivity index is 1.73. The van der Waals surface area contributed by atoms with Gasteiger partial charge in [-0.3, -0.25) is 25.8 Å². The van der Waals surface area contributed by atoms with Crippen molar-refractivity contribution in [2.45, 2.75) is 33.6 Å². The minimum Gasteiger partial charge on any atom is -0.483 e. The van der Waals surface area contributed by atoms with Crippen molar-refractivity contribution in [1.29, 1.82) is 0 Å². The predicted octanol–water partition coefficient (Wildman–Crippen LogP) is 2.91. The van der Waals surface area contributed by atoms with E-state index in [0.29, 0.717) is 11.5 Å². The zero-order chi connectivity index (χ0) is 22.1. The molecule has 0 aromatic heterocycles. The Labute approximate surface area is 182 Å². The van der Waals surface area contributed by atoms with Crippen molar-refractivity contribution >= 4 is 29.1 Å². The maximum atomic E-state index is 12.0. The Morgan fingerprint density at radius 2 is 1.60 bits per heavy atom. The molecule has 3 N–H and O–H groups in total. The van der Waals surface area contributed by atoms with E-state index in [1.54, 1.807) is 6.07 Å². The lowest BCUT2D eigenvalue weighted by Gasteiger charge is -2.15. The molecular formula is C22H27N3O4S. The molecule has 2 rings (SSSR count). The number of carbonyl (C=O) groups is 2. The molecule has 7 nitrogen and oxygen atoms in total. The summed E-state index contributed by atoms with van der Waals surface area (Å²) in [5, 5.41) is 2.39. The summed E-state index contributed by atoms with van der Waals surface area (Å²) < 4.78 is 11.1. The van der Waals surface area contributed by atoms with Gasteiger partial charge in [0.05, 0.1) is 0 Å². The third-order valence-electron chi connectivity index (χ3n) is 4.17. The second kappa shape index (κ2) is 11.2. The van der Waals surface area contributed by atoms with E-state index in [4.69, 9.17) is 21.7 Å². The molecule has 0 radical (unpaired) electrons. The number of thiocarbonyl (C=S) groups is 1. The van der Waals surface area contributed by atoms with E-state index in [-0.39, 0.29) is 24.2 Å². The molecule has 2 aromatic rings. The Kier molecular flexibility index (Phi) is 8.61. The van der Waals surface area contributed by atoms with E-state index in [1.165, 1.54) is 0 Å². The molecule has 0 unspecified atom stereocenters. The molecule has 0 spiro atoms. The molecule has 30 heavy (non-hydrogen) atoms. The van der Waals surface area contributed by atoms with Crippen molar-refractivity contribution in [3.05, 3.63) is 59.2 Å². The van der Waals surface area contributed by atoms with Gasteiger partial charge in [-0.25, -0.2) is 0 Å². The maximum absolute atomic E-state index is 12.0. The van der Waals surface area contributed by atoms with Crippen LogP contribution in [0.15, 0.2) is 42.5 Å². The Bertz CT molecular complexity index is 915. The van der Waals surface area contributed by atoms with Gasteiger partial charge >= 0.3 is 0 Å². The first-order chi connectivity index (χ1) is 14.3. The number of para-hydroxylation sites is 1. The number of nitrogens with one attached hydrogen (secondary N) is 3. The number of aryl methyl sites for hydroxylation is 2. The van der Waals surface area contributed by atoms with Crippen LogP contribution in [0.3, 0.4) is 0 Å². The topological polar surface area (TPSA) is 88.7 Å². The molecule has 0 saturated heterocycles. The molecule has 0 heterocycles. The van der Waals surface area contributed by atoms with E-state index in [0.717, 1.165) is 16.7 Å². The minimum absolute atomic E-state index is 0.0415. The summed E-state index contributed by atoms with van der Waals surface area (Å²) in [5.41, 5.74) is 7.86. The van der Waals surface area contributed by atoms with Gasteiger partial charge in [-0.05, 0) is 60.8 Å². The van der Waals surface area contributed by atoms with Gasteiger partial charge in [-0.15, -0.1) is 0 Å². The van der Waals surface area contributed by atoms with Gasteiger partial charge in [0.1, 0.15) is 11.5 Å². The molecule has 2 amide bonds. The van der Waals surface area contributed by atoms with Crippen molar-refractivity contribution < 1.29 is 19.1 Å². The van der Waals surface area contributed by atoms with Gasteiger partial charge in [-0.2, -0.15) is 0 Å². The summed E-state index contributed by atoms with van der Waals surface area (Å²) in [4.78, 5) is 24.0. The fraction of sp³-hybridized carbons (Fsp3) is 0.318. The summed E-state index contributed by atoms with van der Waals surface area (Å²) >= 11 is 5.00. The molecule has 0 saturated carbocycles. The highest BCUT2D eigenvalue weighted by Gasteiger charge is 2.11. The van der Waals surface area contributed by atoms with Gasteiger partial charge in [-0.1, -0.05) is 44.2 Å². The van der Waals surface area contributed by atoms with Gasteiger partial charge < -0.3 is 9.47 Å². The van der Waals surface area contributed by atoms with E-state index in [9.17, 15) is 9.59 Å². The quantitative estimate of drug-likeness (QED) is 0.463. The molecule has 0 aliphatic heterocycles. The van der Waals surface area contributed by atoms with Crippen molar-refractivity contribution in [1.82, 2.24) is 16.2 Å². The summed E-state index contributed by atoms with van der Waals surface area (Å²) in [5.74, 6) is 0.686. The SMILES string of the molecule is Cc1ccc(C(C)C)c(OCC(=O)NNC(=S)NC(=O)COc2ccccc2C)c1. The third-order valence-corrected chi connectivity index (χ3v) is 4.37. The van der Waals surface area contributed by atoms with Gasteiger partial charge in [0.2, 0.25) is 0 Å². The average Bonchev–Trinajstić information content (AvgIpc) is 2.70. The second-order valence-corrected chi connectivity index (χ2v) is 7.50. The number of rotatable bonds is 7. The summed E-state index contributed by atoms with van der Waals surface area (Å²) in [6.07, 6.45) is 0. The normalized spacial score (nSPS) is 10.3. The average molecular weight is 430 g/mol. The predicted molar refractivity (Wildman–Crippen MR) is 119 cm³/mol. The number of ether oxygens (including phenoxy) is 2. The number of benzene rings is 2. The highest BCUT2D eigenvalue weighted by atomic mass is 32.1. The summed E-state index contributed by atoms with van der Waals surface area (Å²) in [7, 11) is 0. The first kappa shape index (κ1) is 23.2. The Hall–Kier alpha value is -3.13. The number of hydrogen-bond donors (Lipinski definition) is 3. The Morgan fingerprint density at radius 3 is 2.30 bits per heavy atom. The van der Waals surface area contributed by atoms with E-state index in [1.807, 2.05) is 50.2 Å². The van der Waals surface area contributed by atoms with Crippen molar-refractivity contribution in [2.75, 3.05) is 13.2 Å². The lowest BCUT2D eigenvalue weighted by molar-refractivity contribution is -0.124. The first-order valence-corrected chi connectivity index (χ1v) is 9.97. The fourth-order valence-corrected chi connectivity index (χ4v) is 2.77. The highest BCUT2D eigenvalue weighted by molar-refractivity contribution is 7.80. The molecule has 0 aliphatic carbocycles. The van der Waals surface area contributed by atoms with Crippen LogP contribution in [-0.4, -0.2) is 30.1 Å². The molecule has 0 aliphatic rings. The fourth-order valence-electron chi connectivity index (χ4n) is 2.61. The Morgan fingerprint density at radius 1 is 0.933 bits per heavy atom. The molecular weight excluding hydrogens is 402 g/mol. The standard InChI is InChI=1S/C22H27N3O4S/c1-14(2)17-10-9-15(3)11-19(17)29-13-21(27)24-25-22(30)23-20(26)12-28-18-8-6-5-7-16(18)4/h5-11,14H,12-13H2,1-4H3,(H,24,27)(H2,23,25,26,30). The smallest absolute Gasteiger partial charge is 0.276 e. The minimum atomic E-state index is -0.442. The van der Waals surface area contributed by atoms with E-state index < -0.39 is 11.8 Å². The van der Waals surface area contributed by atoms with Crippen molar-refractivity contribution in [3.8, 4) is 11.5 Å². The number of hydrazine groups is 1. The molecule has 0 bridgehead atoms. The van der Waals surface area contributed by atoms with Crippen LogP contribution in [0.5, 0.6) is 11.5 Å². The van der Waals surface area contributed by atoms with Crippen LogP contribution >= 0.6 is 12.2 Å². The number of amides is 2. The summed E-state index contributed by atoms with van der Waals surface area (Å²) in [6, 6.07) is 13.3. The van der Waals surface area contributed by atoms with Crippen LogP contribution < -0.4 is 25.6 Å². The zero-order valence-electron chi connectivity index (χ0n) is 17.6. The largest absolute Gasteiger partial charge is 0.483 e. The van der Waals surface area contributed by atoms with Gasteiger partial charge in [0.15, 0.2) is 18.3 Å². The third kappa shape index (κ3) is 7.36. The second-order valence-electron chi connectivity index (χ2n) is 7.09. The van der Waals surface area contributed by atoms with Crippen LogP contribution in [0.4, 0.5) is 0 Å². The summed E-state index contributed by atoms with van der Waals surface area (Å²) in [6.45, 7) is 7.57. The molecule has 0 atom stereocenters. The van der Waals surface area contributed by atoms with E-state index >= 15 is 0 Å². The molecule has 0 fully saturated rings. The van der Waals surface area contributed by atoms with Crippen LogP contribution in [0, 0.1) is 13.8 Å². The number of carbonyl (C=O) groups excluding carboxylic acids is 2. The molecule has 160 valence electrons. The zero-order valence-corrected chi connectivity index (χ0v) is 18.4. The first-order valence-electron chi connectivity index (χ1n) is 9.56. The van der Waals surface area contributed by atoms with Crippen LogP contribution in [0.1, 0.15) is 36.5 Å².